The van der Waals surface area contributed by atoms with Crippen LogP contribution in [0.4, 0.5) is 0 Å². The average molecular weight is 1420 g/mol. The molecule has 23 heteroatoms. The van der Waals surface area contributed by atoms with E-state index in [-0.39, 0.29) is 18.9 Å². The number of carbonyl (C=O) groups excluding carboxylic acids is 2. The number of aliphatic hydroxyl groups is 11. The summed E-state index contributed by atoms with van der Waals surface area (Å²) in [5.41, 5.74) is 0. The van der Waals surface area contributed by atoms with E-state index in [1.54, 1.807) is 0 Å². The van der Waals surface area contributed by atoms with Crippen LogP contribution in [0.25, 0.3) is 0 Å². The molecule has 23 nitrogen and oxygen atoms in total. The summed E-state index contributed by atoms with van der Waals surface area (Å²) in [6.45, 7) is 2.25. The van der Waals surface area contributed by atoms with Crippen molar-refractivity contribution in [3.8, 4) is 0 Å². The Bertz CT molecular complexity index is 2030. The smallest absolute Gasteiger partial charge is 0.364 e. The van der Waals surface area contributed by atoms with Crippen molar-refractivity contribution in [2.45, 2.75) is 426 Å². The molecule has 3 saturated heterocycles. The molecule has 582 valence electrons. The lowest BCUT2D eigenvalue weighted by Crippen LogP contribution is -2.70. The molecule has 2 amide bonds. The van der Waals surface area contributed by atoms with Crippen molar-refractivity contribution < 1.29 is 104 Å². The summed E-state index contributed by atoms with van der Waals surface area (Å²) in [4.78, 5) is 38.7. The third kappa shape index (κ3) is 36.8. The molecule has 18 unspecified atom stereocenters. The second kappa shape index (κ2) is 55.9. The molecule has 99 heavy (non-hydrogen) atoms. The minimum absolute atomic E-state index is 0.221. The van der Waals surface area contributed by atoms with E-state index in [4.69, 9.17) is 28.4 Å². The van der Waals surface area contributed by atoms with Crippen molar-refractivity contribution >= 4 is 17.8 Å². The fourth-order valence-electron chi connectivity index (χ4n) is 13.9. The number of carboxylic acid groups (broad SMARTS) is 1. The molecule has 3 fully saturated rings. The summed E-state index contributed by atoms with van der Waals surface area (Å²) in [6, 6.07) is -2.53. The van der Waals surface area contributed by atoms with Gasteiger partial charge in [-0.05, 0) is 38.5 Å². The monoisotopic (exact) mass is 1420 g/mol. The molecule has 0 aromatic carbocycles. The molecule has 3 aliphatic heterocycles. The standard InChI is InChI=1S/C76H142N2O21/c1-4-6-8-10-12-14-16-18-20-22-24-26-27-28-30-31-33-35-37-39-41-43-45-47-49-58(83)57(78-63(86)50-48-46-44-42-40-38-36-34-32-29-25-23-21-19-17-15-13-11-9-7-5-2)55-94-73-68(90)67(89)70(62(54-81)96-73)97-74-69(91)72(66(88)61(53-80)95-74)99-76(75(92)93)51-59(84)64(77-56(3)82)71(98-76)65(87)60(85)52-79/h29,32,57-62,64-74,79-81,83-85,87-91H,4-28,30-31,33-55H2,1-3H3,(H,77,82)(H,78,86)(H,92,93)/b32-29-. The number of carboxylic acids is 1. The van der Waals surface area contributed by atoms with Crippen LogP contribution in [0.3, 0.4) is 0 Å². The summed E-state index contributed by atoms with van der Waals surface area (Å²) >= 11 is 0. The molecule has 0 spiro atoms. The quantitative estimate of drug-likeness (QED) is 0.0199. The fraction of sp³-hybridized carbons (Fsp3) is 0.934. The number of rotatable bonds is 62. The van der Waals surface area contributed by atoms with E-state index in [9.17, 15) is 75.7 Å². The van der Waals surface area contributed by atoms with Gasteiger partial charge in [-0.25, -0.2) is 4.79 Å². The van der Waals surface area contributed by atoms with Crippen molar-refractivity contribution in [2.24, 2.45) is 0 Å². The van der Waals surface area contributed by atoms with Crippen LogP contribution in [-0.4, -0.2) is 215 Å². The van der Waals surface area contributed by atoms with Crippen molar-refractivity contribution in [1.29, 1.82) is 0 Å². The number of carbonyl (C=O) groups is 3. The molecule has 3 rings (SSSR count). The third-order valence-electron chi connectivity index (χ3n) is 20.2. The maximum Gasteiger partial charge on any atom is 0.364 e. The van der Waals surface area contributed by atoms with Crippen LogP contribution < -0.4 is 10.6 Å². The summed E-state index contributed by atoms with van der Waals surface area (Å²) in [5, 5.41) is 137. The average Bonchev–Trinajstić information content (AvgIpc) is 0.736. The highest BCUT2D eigenvalue weighted by Crippen LogP contribution is 2.39. The molecule has 0 aliphatic carbocycles. The predicted octanol–water partition coefficient (Wildman–Crippen LogP) is 9.80. The molecule has 14 N–H and O–H groups in total. The highest BCUT2D eigenvalue weighted by Gasteiger charge is 2.60. The number of hydrogen-bond donors (Lipinski definition) is 14. The van der Waals surface area contributed by atoms with Gasteiger partial charge in [0.05, 0.1) is 50.7 Å². The number of ether oxygens (including phenoxy) is 6. The number of allylic oxidation sites excluding steroid dienone is 2. The first kappa shape index (κ1) is 90.7. The van der Waals surface area contributed by atoms with E-state index < -0.39 is 148 Å². The number of amides is 2. The molecule has 0 radical (unpaired) electrons. The molecular formula is C76H142N2O21. The van der Waals surface area contributed by atoms with Crippen LogP contribution in [0.5, 0.6) is 0 Å². The minimum Gasteiger partial charge on any atom is -0.477 e. The van der Waals surface area contributed by atoms with Gasteiger partial charge in [0.1, 0.15) is 67.1 Å². The number of nitrogens with one attached hydrogen (secondary N) is 2. The lowest BCUT2D eigenvalue weighted by Gasteiger charge is -2.50. The zero-order valence-corrected chi connectivity index (χ0v) is 61.4. The predicted molar refractivity (Wildman–Crippen MR) is 380 cm³/mol. The van der Waals surface area contributed by atoms with E-state index in [0.717, 1.165) is 84.0 Å². The first-order valence-electron chi connectivity index (χ1n) is 39.5. The molecule has 3 aliphatic rings. The van der Waals surface area contributed by atoms with E-state index >= 15 is 0 Å². The SMILES string of the molecule is CCCCCCCCCCCC/C=C\CCCCCCCCCC(=O)NC(COC1OC(CO)C(OC2OC(CO)C(O)C(OC3(C(=O)O)CC(O)C(NC(C)=O)C(C(O)C(O)CO)O3)C2O)C(O)C1O)C(O)CCCCCCCCCCCCCCCCCCCCCCCCCC. The van der Waals surface area contributed by atoms with Crippen LogP contribution in [0.2, 0.25) is 0 Å². The van der Waals surface area contributed by atoms with Gasteiger partial charge < -0.3 is 100 Å². The highest BCUT2D eigenvalue weighted by atomic mass is 16.8. The highest BCUT2D eigenvalue weighted by molar-refractivity contribution is 5.77. The summed E-state index contributed by atoms with van der Waals surface area (Å²) < 4.78 is 35.0. The number of aliphatic carboxylic acids is 1. The van der Waals surface area contributed by atoms with Gasteiger partial charge in [-0.2, -0.15) is 0 Å². The largest absolute Gasteiger partial charge is 0.477 e. The van der Waals surface area contributed by atoms with E-state index in [1.165, 1.54) is 186 Å². The molecule has 0 saturated carbocycles. The number of hydrogen-bond acceptors (Lipinski definition) is 20. The Labute approximate surface area is 594 Å². The Kier molecular flexibility index (Phi) is 51.2. The van der Waals surface area contributed by atoms with Crippen LogP contribution >= 0.6 is 0 Å². The van der Waals surface area contributed by atoms with Crippen LogP contribution in [0.1, 0.15) is 316 Å². The van der Waals surface area contributed by atoms with Gasteiger partial charge in [0.15, 0.2) is 12.6 Å². The van der Waals surface area contributed by atoms with E-state index in [1.807, 2.05) is 0 Å². The van der Waals surface area contributed by atoms with Gasteiger partial charge in [-0.15, -0.1) is 0 Å². The topological polar surface area (TPSA) is 373 Å². The number of unbranched alkanes of at least 4 members (excludes halogenated alkanes) is 40. The second-order valence-electron chi connectivity index (χ2n) is 28.9. The van der Waals surface area contributed by atoms with Crippen molar-refractivity contribution in [2.75, 3.05) is 26.4 Å². The molecule has 3 heterocycles. The van der Waals surface area contributed by atoms with Gasteiger partial charge in [-0.3, -0.25) is 9.59 Å². The Hall–Kier alpha value is -2.53. The Balaban J connectivity index is 1.53. The van der Waals surface area contributed by atoms with Crippen molar-refractivity contribution in [3.05, 3.63) is 12.2 Å². The first-order chi connectivity index (χ1) is 47.9. The Morgan fingerprint density at radius 1 is 0.515 bits per heavy atom. The molecule has 0 aromatic heterocycles. The van der Waals surface area contributed by atoms with Crippen molar-refractivity contribution in [3.63, 3.8) is 0 Å². The normalized spacial score (nSPS) is 27.1. The molecular weight excluding hydrogens is 1280 g/mol. The maximum atomic E-state index is 13.5. The lowest BCUT2D eigenvalue weighted by molar-refractivity contribution is -0.386. The zero-order chi connectivity index (χ0) is 72.5. The Morgan fingerprint density at radius 2 is 0.939 bits per heavy atom. The van der Waals surface area contributed by atoms with Crippen LogP contribution in [0, 0.1) is 0 Å². The Morgan fingerprint density at radius 3 is 1.36 bits per heavy atom. The third-order valence-corrected chi connectivity index (χ3v) is 20.2. The molecule has 0 bridgehead atoms. The van der Waals surface area contributed by atoms with Gasteiger partial charge in [0.2, 0.25) is 11.8 Å². The van der Waals surface area contributed by atoms with Crippen LogP contribution in [-0.2, 0) is 42.8 Å². The maximum absolute atomic E-state index is 13.5. The lowest BCUT2D eigenvalue weighted by atomic mass is 9.88. The second-order valence-corrected chi connectivity index (χ2v) is 28.9. The van der Waals surface area contributed by atoms with Gasteiger partial charge in [0, 0.05) is 19.8 Å². The molecule has 18 atom stereocenters. The van der Waals surface area contributed by atoms with E-state index in [2.05, 4.69) is 36.6 Å². The minimum atomic E-state index is -3.08. The summed E-state index contributed by atoms with van der Waals surface area (Å²) in [7, 11) is 0. The molecule has 0 aromatic rings. The zero-order valence-electron chi connectivity index (χ0n) is 61.4. The van der Waals surface area contributed by atoms with Gasteiger partial charge in [0.25, 0.3) is 5.79 Å². The van der Waals surface area contributed by atoms with Gasteiger partial charge >= 0.3 is 5.97 Å². The summed E-state index contributed by atoms with van der Waals surface area (Å²) in [6.07, 6.45) is 29.1. The first-order valence-corrected chi connectivity index (χ1v) is 39.5. The number of aliphatic hydroxyl groups excluding tert-OH is 11. The van der Waals surface area contributed by atoms with E-state index in [0.29, 0.717) is 19.3 Å². The summed E-state index contributed by atoms with van der Waals surface area (Å²) in [5.74, 6) is -6.10. The van der Waals surface area contributed by atoms with Crippen LogP contribution in [0.15, 0.2) is 12.2 Å². The van der Waals surface area contributed by atoms with Crippen molar-refractivity contribution in [1.82, 2.24) is 10.6 Å². The fourth-order valence-corrected chi connectivity index (χ4v) is 13.9. The van der Waals surface area contributed by atoms with Gasteiger partial charge in [-0.1, -0.05) is 270 Å².